The molecule has 0 atom stereocenters. The van der Waals surface area contributed by atoms with Crippen LogP contribution in [-0.4, -0.2) is 25.7 Å². The number of nitrogens with one attached hydrogen (secondary N) is 1. The normalized spacial score (nSPS) is 10.9. The average Bonchev–Trinajstić information content (AvgIpc) is 2.87. The number of fused-ring (bicyclic) bond motifs is 2. The molecule has 190 valence electrons. The molecule has 6 heteroatoms. The van der Waals surface area contributed by atoms with Crippen molar-refractivity contribution in [2.75, 3.05) is 24.6 Å². The van der Waals surface area contributed by atoms with Gasteiger partial charge in [0.1, 0.15) is 11.3 Å². The lowest BCUT2D eigenvalue weighted by Crippen LogP contribution is -2.21. The van der Waals surface area contributed by atoms with Crippen LogP contribution in [0.4, 0.5) is 5.69 Å². The summed E-state index contributed by atoms with van der Waals surface area (Å²) in [5, 5.41) is 10.1. The number of benzene rings is 3. The lowest BCUT2D eigenvalue weighted by Gasteiger charge is -2.24. The molecule has 2 aromatic rings. The average molecular weight is 507 g/mol. The third-order valence-electron chi connectivity index (χ3n) is 6.74. The molecule has 1 heterocycles. The zero-order valence-electron chi connectivity index (χ0n) is 21.7. The zero-order valence-corrected chi connectivity index (χ0v) is 22.6. The number of ether oxygens (including phenoxy) is 1. The van der Waals surface area contributed by atoms with E-state index in [1.807, 2.05) is 37.3 Å². The van der Waals surface area contributed by atoms with Crippen molar-refractivity contribution in [1.82, 2.24) is 0 Å². The Kier molecular flexibility index (Phi) is 8.80. The van der Waals surface area contributed by atoms with Gasteiger partial charge in [-0.05, 0) is 68.5 Å². The number of hydrogen-bond acceptors (Lipinski definition) is 5. The molecule has 1 aliphatic carbocycles. The summed E-state index contributed by atoms with van der Waals surface area (Å²) in [6.07, 6.45) is 1.52. The number of halogens is 1. The Morgan fingerprint density at radius 1 is 0.917 bits per heavy atom. The van der Waals surface area contributed by atoms with E-state index >= 15 is 0 Å². The Morgan fingerprint density at radius 2 is 1.61 bits per heavy atom. The van der Waals surface area contributed by atoms with E-state index in [4.69, 9.17) is 14.6 Å². The fourth-order valence-corrected chi connectivity index (χ4v) is 5.11. The molecule has 0 unspecified atom stereocenters. The van der Waals surface area contributed by atoms with E-state index in [0.29, 0.717) is 23.3 Å². The van der Waals surface area contributed by atoms with Gasteiger partial charge in [0.2, 0.25) is 0 Å². The highest BCUT2D eigenvalue weighted by Crippen LogP contribution is 2.44. The van der Waals surface area contributed by atoms with Gasteiger partial charge >= 0.3 is 5.97 Å². The topological polar surface area (TPSA) is 66.5 Å². The first-order chi connectivity index (χ1) is 17.0. The van der Waals surface area contributed by atoms with Gasteiger partial charge in [-0.1, -0.05) is 32.0 Å². The molecule has 2 aliphatic rings. The first kappa shape index (κ1) is 27.3. The summed E-state index contributed by atoms with van der Waals surface area (Å²) in [5.41, 5.74) is 7.23. The molecule has 36 heavy (non-hydrogen) atoms. The molecule has 4 rings (SSSR count). The van der Waals surface area contributed by atoms with Crippen LogP contribution in [0.1, 0.15) is 56.1 Å². The molecular formula is C30H35ClN2O3. The minimum Gasteiger partial charge on any atom is -0.462 e. The summed E-state index contributed by atoms with van der Waals surface area (Å²) in [6, 6.07) is 15.8. The second-order valence-corrected chi connectivity index (χ2v) is 8.56. The fraction of sp³-hybridized carbons (Fsp3) is 0.333. The number of carbonyl (C=O) groups is 1. The monoisotopic (exact) mass is 506 g/mol. The quantitative estimate of drug-likeness (QED) is 0.202. The third kappa shape index (κ3) is 4.72. The van der Waals surface area contributed by atoms with Gasteiger partial charge in [-0.3, -0.25) is 0 Å². The van der Waals surface area contributed by atoms with Crippen molar-refractivity contribution in [1.29, 1.82) is 5.41 Å². The van der Waals surface area contributed by atoms with E-state index in [2.05, 4.69) is 50.8 Å². The summed E-state index contributed by atoms with van der Waals surface area (Å²) in [7, 11) is 0. The van der Waals surface area contributed by atoms with Crippen molar-refractivity contribution < 1.29 is 13.9 Å². The largest absolute Gasteiger partial charge is 0.462 e. The summed E-state index contributed by atoms with van der Waals surface area (Å²) < 4.78 is 11.9. The van der Waals surface area contributed by atoms with E-state index in [1.165, 1.54) is 0 Å². The lowest BCUT2D eigenvalue weighted by molar-refractivity contribution is 0.0527. The predicted molar refractivity (Wildman–Crippen MR) is 150 cm³/mol. The van der Waals surface area contributed by atoms with Gasteiger partial charge in [-0.15, -0.1) is 12.4 Å². The Hall–Kier alpha value is -3.31. The van der Waals surface area contributed by atoms with E-state index in [9.17, 15) is 4.79 Å². The molecule has 0 aromatic heterocycles. The van der Waals surface area contributed by atoms with Crippen molar-refractivity contribution >= 4 is 35.0 Å². The molecule has 5 nitrogen and oxygen atoms in total. The maximum absolute atomic E-state index is 13.0. The number of hydrogen-bond donors (Lipinski definition) is 1. The molecule has 0 radical (unpaired) electrons. The van der Waals surface area contributed by atoms with Crippen LogP contribution in [0.3, 0.4) is 0 Å². The van der Waals surface area contributed by atoms with Gasteiger partial charge in [0.15, 0.2) is 0 Å². The number of anilines is 1. The zero-order chi connectivity index (χ0) is 25.1. The minimum absolute atomic E-state index is 0. The van der Waals surface area contributed by atoms with E-state index in [-0.39, 0.29) is 18.4 Å². The Labute approximate surface area is 219 Å². The van der Waals surface area contributed by atoms with Crippen LogP contribution in [0, 0.1) is 5.41 Å². The van der Waals surface area contributed by atoms with Crippen LogP contribution in [0.15, 0.2) is 52.9 Å². The van der Waals surface area contributed by atoms with Crippen molar-refractivity contribution in [2.45, 2.75) is 47.5 Å². The molecule has 0 saturated carbocycles. The van der Waals surface area contributed by atoms with Crippen LogP contribution in [0.5, 0.6) is 0 Å². The van der Waals surface area contributed by atoms with Crippen LogP contribution < -0.4 is 10.3 Å². The standard InChI is InChI=1S/C30H34N2O3.ClH/c1-6-20-21(7-2)29-27(18-25(20)31)35-26-17-19(32(8-3)9-4)15-16-24(26)28(29)22-13-11-12-14-23(22)30(33)34-10-5;/h11-18,31H,6-10H2,1-5H3;1H. The van der Waals surface area contributed by atoms with E-state index in [0.717, 1.165) is 70.4 Å². The van der Waals surface area contributed by atoms with Crippen LogP contribution in [0.25, 0.3) is 33.4 Å². The minimum atomic E-state index is -0.337. The third-order valence-corrected chi connectivity index (χ3v) is 6.74. The maximum atomic E-state index is 13.0. The first-order valence-corrected chi connectivity index (χ1v) is 12.6. The van der Waals surface area contributed by atoms with Gasteiger partial charge in [0.25, 0.3) is 0 Å². The Morgan fingerprint density at radius 3 is 2.25 bits per heavy atom. The van der Waals surface area contributed by atoms with Crippen molar-refractivity contribution in [3.63, 3.8) is 0 Å². The van der Waals surface area contributed by atoms with Crippen molar-refractivity contribution in [3.8, 4) is 22.5 Å². The van der Waals surface area contributed by atoms with Gasteiger partial charge in [-0.2, -0.15) is 0 Å². The van der Waals surface area contributed by atoms with Crippen molar-refractivity contribution in [2.24, 2.45) is 0 Å². The summed E-state index contributed by atoms with van der Waals surface area (Å²) in [5.74, 6) is 0.331. The van der Waals surface area contributed by atoms with E-state index < -0.39 is 0 Å². The SMILES string of the molecule is CCOC(=O)c1ccccc1-c1c2c(CC)c(CC)c(=N)cc-2oc2cc(N(CC)CC)ccc12.Cl. The first-order valence-electron chi connectivity index (χ1n) is 12.6. The molecular weight excluding hydrogens is 472 g/mol. The number of nitrogens with zero attached hydrogens (tertiary/aromatic N) is 1. The molecule has 0 spiro atoms. The predicted octanol–water partition coefficient (Wildman–Crippen LogP) is 7.25. The van der Waals surface area contributed by atoms with Crippen LogP contribution in [0.2, 0.25) is 0 Å². The number of carbonyl (C=O) groups excluding carboxylic acids is 1. The van der Waals surface area contributed by atoms with Crippen molar-refractivity contribution in [3.05, 3.63) is 70.6 Å². The molecule has 2 aromatic carbocycles. The molecule has 1 aliphatic heterocycles. The van der Waals surface area contributed by atoms with Crippen LogP contribution in [-0.2, 0) is 17.6 Å². The highest BCUT2D eigenvalue weighted by Gasteiger charge is 2.26. The maximum Gasteiger partial charge on any atom is 0.338 e. The van der Waals surface area contributed by atoms with Gasteiger partial charge in [0, 0.05) is 47.4 Å². The van der Waals surface area contributed by atoms with E-state index in [1.54, 1.807) is 0 Å². The summed E-state index contributed by atoms with van der Waals surface area (Å²) in [4.78, 5) is 15.3. The smallest absolute Gasteiger partial charge is 0.338 e. The molecule has 0 saturated heterocycles. The Balaban J connectivity index is 0.00000361. The van der Waals surface area contributed by atoms with Gasteiger partial charge in [-0.25, -0.2) is 4.79 Å². The highest BCUT2D eigenvalue weighted by atomic mass is 35.5. The number of rotatable bonds is 8. The lowest BCUT2D eigenvalue weighted by atomic mass is 9.85. The molecule has 0 amide bonds. The summed E-state index contributed by atoms with van der Waals surface area (Å²) >= 11 is 0. The second-order valence-electron chi connectivity index (χ2n) is 8.56. The second kappa shape index (κ2) is 11.6. The molecule has 0 bridgehead atoms. The van der Waals surface area contributed by atoms with Gasteiger partial charge in [0.05, 0.1) is 17.5 Å². The van der Waals surface area contributed by atoms with Gasteiger partial charge < -0.3 is 19.5 Å². The molecule has 0 fully saturated rings. The highest BCUT2D eigenvalue weighted by molar-refractivity contribution is 6.08. The number of esters is 1. The fourth-order valence-electron chi connectivity index (χ4n) is 5.11. The van der Waals surface area contributed by atoms with Crippen LogP contribution >= 0.6 is 12.4 Å². The molecule has 1 N–H and O–H groups in total. The Bertz CT molecular complexity index is 1410. The summed E-state index contributed by atoms with van der Waals surface area (Å²) in [6.45, 7) is 12.4.